The van der Waals surface area contributed by atoms with Crippen LogP contribution in [0.4, 0.5) is 0 Å². The molecule has 2 saturated heterocycles. The predicted molar refractivity (Wildman–Crippen MR) is 155 cm³/mol. The van der Waals surface area contributed by atoms with E-state index in [1.165, 1.54) is 25.9 Å². The third kappa shape index (κ3) is 8.52. The average molecular weight is 528 g/mol. The molecule has 4 rings (SSSR count). The zero-order valence-corrected chi connectivity index (χ0v) is 22.9. The standard InChI is InChI=1S/C28H44ClN3.CH4.3H2O/c1-20(2)27(30-15-13-22-17-31-26-8-6-5-7-24(22)26)18-32-16-14-25(28(3,4)19-32)21-9-11-23(29)12-10-21;;;;/h5-9,11,20,22,24-27,30-31H,10,12-19H2,1-4H3;1H4;3*1H2/t22?,24?,25?,26?,27-;;;;/m0..../s1. The second kappa shape index (κ2) is 15.4. The molecule has 0 amide bonds. The van der Waals surface area contributed by atoms with E-state index in [-0.39, 0.29) is 23.9 Å². The maximum Gasteiger partial charge on any atom is 0.0319 e. The Morgan fingerprint density at radius 1 is 1.11 bits per heavy atom. The number of halogens is 1. The summed E-state index contributed by atoms with van der Waals surface area (Å²) in [5, 5.41) is 8.65. The minimum atomic E-state index is 0. The highest BCUT2D eigenvalue weighted by Gasteiger charge is 2.38. The molecule has 0 saturated carbocycles. The number of allylic oxidation sites excluding steroid dienone is 6. The Morgan fingerprint density at radius 2 is 1.83 bits per heavy atom. The van der Waals surface area contributed by atoms with Gasteiger partial charge < -0.3 is 32.0 Å². The van der Waals surface area contributed by atoms with Crippen LogP contribution >= 0.6 is 11.6 Å². The van der Waals surface area contributed by atoms with Crippen molar-refractivity contribution in [2.75, 3.05) is 32.7 Å². The zero-order valence-electron chi connectivity index (χ0n) is 22.1. The van der Waals surface area contributed by atoms with Crippen LogP contribution in [0.2, 0.25) is 0 Å². The molecule has 2 heterocycles. The number of nitrogens with zero attached hydrogens (tertiary/aromatic N) is 1. The molecule has 0 aromatic heterocycles. The molecule has 0 aromatic carbocycles. The topological polar surface area (TPSA) is 122 Å². The van der Waals surface area contributed by atoms with Gasteiger partial charge in [0.25, 0.3) is 0 Å². The molecule has 0 spiro atoms. The highest BCUT2D eigenvalue weighted by atomic mass is 35.5. The van der Waals surface area contributed by atoms with Gasteiger partial charge in [0.2, 0.25) is 0 Å². The molecule has 6 nitrogen and oxygen atoms in total. The van der Waals surface area contributed by atoms with Crippen LogP contribution in [-0.4, -0.2) is 66.1 Å². The number of fused-ring (bicyclic) bond motifs is 1. The molecule has 4 unspecified atom stereocenters. The summed E-state index contributed by atoms with van der Waals surface area (Å²) in [6.45, 7) is 15.5. The maximum absolute atomic E-state index is 6.21. The van der Waals surface area contributed by atoms with Crippen molar-refractivity contribution < 1.29 is 16.4 Å². The van der Waals surface area contributed by atoms with Gasteiger partial charge in [0, 0.05) is 36.1 Å². The van der Waals surface area contributed by atoms with Crippen LogP contribution in [0.25, 0.3) is 0 Å². The fraction of sp³-hybridized carbons (Fsp3) is 0.724. The van der Waals surface area contributed by atoms with Crippen molar-refractivity contribution in [3.63, 3.8) is 0 Å². The van der Waals surface area contributed by atoms with Crippen LogP contribution in [-0.2, 0) is 0 Å². The monoisotopic (exact) mass is 527 g/mol. The van der Waals surface area contributed by atoms with Gasteiger partial charge in [0.05, 0.1) is 0 Å². The molecule has 7 heteroatoms. The molecular formula is C29H54ClN3O3. The number of likely N-dealkylation sites (tertiary alicyclic amines) is 1. The minimum Gasteiger partial charge on any atom is -0.412 e. The van der Waals surface area contributed by atoms with Crippen LogP contribution in [0.15, 0.2) is 47.1 Å². The molecule has 8 N–H and O–H groups in total. The van der Waals surface area contributed by atoms with Crippen molar-refractivity contribution in [2.45, 2.75) is 72.9 Å². The lowest BCUT2D eigenvalue weighted by Crippen LogP contribution is -2.52. The molecule has 2 aliphatic carbocycles. The number of piperidine rings is 1. The van der Waals surface area contributed by atoms with Gasteiger partial charge in [-0.2, -0.15) is 0 Å². The van der Waals surface area contributed by atoms with Gasteiger partial charge in [-0.25, -0.2) is 0 Å². The number of nitrogens with one attached hydrogen (secondary N) is 2. The van der Waals surface area contributed by atoms with Crippen LogP contribution in [0.3, 0.4) is 0 Å². The van der Waals surface area contributed by atoms with Gasteiger partial charge in [-0.3, -0.25) is 0 Å². The average Bonchev–Trinajstić information content (AvgIpc) is 3.16. The van der Waals surface area contributed by atoms with E-state index >= 15 is 0 Å². The Balaban J connectivity index is 0.00000306. The predicted octanol–water partition coefficient (Wildman–Crippen LogP) is 3.67. The van der Waals surface area contributed by atoms with Crippen LogP contribution < -0.4 is 10.6 Å². The Bertz CT molecular complexity index is 778. The lowest BCUT2D eigenvalue weighted by atomic mass is 9.68. The van der Waals surface area contributed by atoms with E-state index in [0.29, 0.717) is 35.3 Å². The van der Waals surface area contributed by atoms with Crippen LogP contribution in [0.1, 0.15) is 60.8 Å². The molecular weight excluding hydrogens is 474 g/mol. The van der Waals surface area contributed by atoms with Crippen molar-refractivity contribution in [2.24, 2.45) is 29.1 Å². The largest absolute Gasteiger partial charge is 0.412 e. The summed E-state index contributed by atoms with van der Waals surface area (Å²) in [6.07, 6.45) is 18.3. The molecule has 2 fully saturated rings. The summed E-state index contributed by atoms with van der Waals surface area (Å²) in [7, 11) is 0. The van der Waals surface area contributed by atoms with Crippen molar-refractivity contribution in [3.8, 4) is 0 Å². The van der Waals surface area contributed by atoms with E-state index < -0.39 is 0 Å². The van der Waals surface area contributed by atoms with Gasteiger partial charge in [0.1, 0.15) is 0 Å². The third-order valence-electron chi connectivity index (χ3n) is 8.41. The van der Waals surface area contributed by atoms with Gasteiger partial charge in [-0.1, -0.05) is 82.7 Å². The van der Waals surface area contributed by atoms with Crippen LogP contribution in [0.5, 0.6) is 0 Å². The second-order valence-electron chi connectivity index (χ2n) is 11.6. The summed E-state index contributed by atoms with van der Waals surface area (Å²) in [4.78, 5) is 2.72. The Hall–Kier alpha value is -0.990. The molecule has 0 aromatic rings. The molecule has 5 atom stereocenters. The van der Waals surface area contributed by atoms with Gasteiger partial charge in [-0.05, 0) is 74.6 Å². The molecule has 4 aliphatic rings. The molecule has 0 bridgehead atoms. The smallest absolute Gasteiger partial charge is 0.0319 e. The van der Waals surface area contributed by atoms with E-state index in [2.05, 4.69) is 79.7 Å². The number of hydrogen-bond acceptors (Lipinski definition) is 3. The summed E-state index contributed by atoms with van der Waals surface area (Å²) in [5.41, 5.74) is 1.93. The van der Waals surface area contributed by atoms with E-state index in [1.807, 2.05) is 0 Å². The van der Waals surface area contributed by atoms with Gasteiger partial charge >= 0.3 is 0 Å². The Kier molecular flexibility index (Phi) is 15.0. The highest BCUT2D eigenvalue weighted by Crippen LogP contribution is 2.42. The van der Waals surface area contributed by atoms with Crippen molar-refractivity contribution in [3.05, 3.63) is 47.1 Å². The van der Waals surface area contributed by atoms with Crippen LogP contribution in [0, 0.1) is 29.1 Å². The Labute approximate surface area is 225 Å². The van der Waals surface area contributed by atoms with E-state index in [4.69, 9.17) is 11.6 Å². The molecule has 0 radical (unpaired) electrons. The first-order chi connectivity index (χ1) is 15.3. The summed E-state index contributed by atoms with van der Waals surface area (Å²) < 4.78 is 0. The lowest BCUT2D eigenvalue weighted by molar-refractivity contribution is 0.0603. The van der Waals surface area contributed by atoms with Gasteiger partial charge in [-0.15, -0.1) is 0 Å². The first-order valence-electron chi connectivity index (χ1n) is 12.9. The fourth-order valence-corrected chi connectivity index (χ4v) is 6.63. The summed E-state index contributed by atoms with van der Waals surface area (Å²) >= 11 is 6.21. The Morgan fingerprint density at radius 3 is 2.47 bits per heavy atom. The summed E-state index contributed by atoms with van der Waals surface area (Å²) in [6, 6.07) is 1.12. The second-order valence-corrected chi connectivity index (χ2v) is 12.0. The normalized spacial score (nSPS) is 29.5. The van der Waals surface area contributed by atoms with E-state index in [0.717, 1.165) is 43.4 Å². The van der Waals surface area contributed by atoms with E-state index in [1.54, 1.807) is 5.57 Å². The lowest BCUT2D eigenvalue weighted by Gasteiger charge is -2.47. The molecule has 2 aliphatic heterocycles. The first-order valence-corrected chi connectivity index (χ1v) is 13.3. The van der Waals surface area contributed by atoms with E-state index in [9.17, 15) is 0 Å². The minimum absolute atomic E-state index is 0. The first kappa shape index (κ1) is 35.0. The quantitative estimate of drug-likeness (QED) is 0.500. The van der Waals surface area contributed by atoms with Crippen molar-refractivity contribution in [1.29, 1.82) is 0 Å². The SMILES string of the molecule is C.CC(C)[C@H](CN1CCC(C2=CC=C(Cl)CC2)C(C)(C)C1)NCCC1CNC2C=CC=CC12.O.O.O. The summed E-state index contributed by atoms with van der Waals surface area (Å²) in [5.74, 6) is 2.77. The zero-order chi connectivity index (χ0) is 22.7. The fourth-order valence-electron chi connectivity index (χ4n) is 6.47. The third-order valence-corrected chi connectivity index (χ3v) is 8.72. The highest BCUT2D eigenvalue weighted by molar-refractivity contribution is 6.29. The number of hydrogen-bond donors (Lipinski definition) is 2. The molecule has 36 heavy (non-hydrogen) atoms. The van der Waals surface area contributed by atoms with Crippen molar-refractivity contribution in [1.82, 2.24) is 15.5 Å². The molecule has 210 valence electrons. The number of rotatable bonds is 8. The van der Waals surface area contributed by atoms with Crippen molar-refractivity contribution >= 4 is 11.6 Å². The van der Waals surface area contributed by atoms with Gasteiger partial charge in [0.15, 0.2) is 0 Å². The maximum atomic E-state index is 6.21.